The van der Waals surface area contributed by atoms with Gasteiger partial charge in [-0.3, -0.25) is 9.59 Å². The third-order valence-corrected chi connectivity index (χ3v) is 6.08. The maximum atomic E-state index is 12.5. The second-order valence-electron chi connectivity index (χ2n) is 11.5. The number of nitrogens with one attached hydrogen (secondary N) is 1. The number of benzene rings is 1. The van der Waals surface area contributed by atoms with Gasteiger partial charge in [0.2, 0.25) is 0 Å². The Labute approximate surface area is 237 Å². The van der Waals surface area contributed by atoms with Gasteiger partial charge >= 0.3 is 24.2 Å². The van der Waals surface area contributed by atoms with Gasteiger partial charge in [-0.1, -0.05) is 19.9 Å². The minimum absolute atomic E-state index is 0.0556. The molecular formula is C29H45NO10. The molecule has 1 rings (SSSR count). The Balaban J connectivity index is 3.14. The van der Waals surface area contributed by atoms with E-state index >= 15 is 0 Å². The SMILES string of the molecule is CCC(C)(C)OC(=O)Oc1ccc(C[C@H](NCCOC(=O)C(C)(C)C)C(=O)OC)cc1OC(=O)OC(C)(C)CC. The van der Waals surface area contributed by atoms with E-state index in [1.807, 2.05) is 13.8 Å². The number of carbonyl (C=O) groups is 4. The fourth-order valence-corrected chi connectivity index (χ4v) is 2.87. The summed E-state index contributed by atoms with van der Waals surface area (Å²) in [4.78, 5) is 49.4. The van der Waals surface area contributed by atoms with Crippen molar-refractivity contribution in [1.82, 2.24) is 5.32 Å². The Bertz CT molecular complexity index is 1030. The topological polar surface area (TPSA) is 136 Å². The van der Waals surface area contributed by atoms with Gasteiger partial charge in [0.1, 0.15) is 23.9 Å². The summed E-state index contributed by atoms with van der Waals surface area (Å²) < 4.78 is 31.6. The molecular weight excluding hydrogens is 522 g/mol. The van der Waals surface area contributed by atoms with Gasteiger partial charge in [-0.15, -0.1) is 0 Å². The molecule has 0 radical (unpaired) electrons. The number of esters is 2. The van der Waals surface area contributed by atoms with Crippen LogP contribution in [-0.4, -0.2) is 61.8 Å². The maximum absolute atomic E-state index is 12.5. The Morgan fingerprint density at radius 3 is 1.82 bits per heavy atom. The maximum Gasteiger partial charge on any atom is 0.514 e. The summed E-state index contributed by atoms with van der Waals surface area (Å²) in [5.74, 6) is -1.06. The zero-order valence-corrected chi connectivity index (χ0v) is 25.4. The number of hydrogen-bond donors (Lipinski definition) is 1. The summed E-state index contributed by atoms with van der Waals surface area (Å²) >= 11 is 0. The van der Waals surface area contributed by atoms with Crippen molar-refractivity contribution >= 4 is 24.2 Å². The average Bonchev–Trinajstić information content (AvgIpc) is 2.85. The minimum Gasteiger partial charge on any atom is -0.468 e. The second-order valence-corrected chi connectivity index (χ2v) is 11.5. The van der Waals surface area contributed by atoms with Crippen LogP contribution in [0, 0.1) is 5.41 Å². The van der Waals surface area contributed by atoms with Crippen molar-refractivity contribution < 1.29 is 47.6 Å². The fourth-order valence-electron chi connectivity index (χ4n) is 2.87. The molecule has 0 unspecified atom stereocenters. The van der Waals surface area contributed by atoms with Crippen LogP contribution in [-0.2, 0) is 35.0 Å². The van der Waals surface area contributed by atoms with Crippen molar-refractivity contribution in [2.75, 3.05) is 20.3 Å². The zero-order valence-electron chi connectivity index (χ0n) is 25.4. The molecule has 0 saturated heterocycles. The van der Waals surface area contributed by atoms with E-state index in [0.717, 1.165) is 0 Å². The van der Waals surface area contributed by atoms with Gasteiger partial charge in [0, 0.05) is 6.54 Å². The molecule has 0 amide bonds. The molecule has 0 heterocycles. The third kappa shape index (κ3) is 12.2. The molecule has 11 heteroatoms. The Morgan fingerprint density at radius 1 is 0.825 bits per heavy atom. The summed E-state index contributed by atoms with van der Waals surface area (Å²) in [5, 5.41) is 3.01. The van der Waals surface area contributed by atoms with Crippen LogP contribution in [0.2, 0.25) is 0 Å². The molecule has 1 N–H and O–H groups in total. The molecule has 1 aromatic rings. The third-order valence-electron chi connectivity index (χ3n) is 6.08. The van der Waals surface area contributed by atoms with Crippen LogP contribution in [0.3, 0.4) is 0 Å². The van der Waals surface area contributed by atoms with Gasteiger partial charge in [-0.05, 0) is 85.4 Å². The summed E-state index contributed by atoms with van der Waals surface area (Å²) in [6, 6.07) is 3.70. The first-order valence-corrected chi connectivity index (χ1v) is 13.4. The van der Waals surface area contributed by atoms with Crippen molar-refractivity contribution in [2.24, 2.45) is 5.41 Å². The molecule has 0 fully saturated rings. The lowest BCUT2D eigenvalue weighted by Crippen LogP contribution is -2.41. The van der Waals surface area contributed by atoms with Crippen LogP contribution >= 0.6 is 0 Å². The molecule has 0 aliphatic heterocycles. The summed E-state index contributed by atoms with van der Waals surface area (Å²) in [6.45, 7) is 16.2. The first kappa shape index (κ1) is 34.7. The highest BCUT2D eigenvalue weighted by molar-refractivity contribution is 5.76. The van der Waals surface area contributed by atoms with Gasteiger partial charge in [-0.25, -0.2) is 9.59 Å². The van der Waals surface area contributed by atoms with Crippen molar-refractivity contribution in [3.05, 3.63) is 23.8 Å². The second kappa shape index (κ2) is 14.9. The standard InChI is InChI=1S/C29H45NO10/c1-11-28(6,7)39-25(33)37-21-14-13-19(18-22(21)38-26(34)40-29(8,9)12-2)17-20(23(31)35-10)30-15-16-36-24(32)27(3,4)5/h13-14,18,20,30H,11-12,15-17H2,1-10H3/t20-/m0/s1. The van der Waals surface area contributed by atoms with Crippen molar-refractivity contribution in [3.63, 3.8) is 0 Å². The van der Waals surface area contributed by atoms with E-state index in [9.17, 15) is 19.2 Å². The van der Waals surface area contributed by atoms with Crippen LogP contribution in [0.4, 0.5) is 9.59 Å². The number of methoxy groups -OCH3 is 1. The van der Waals surface area contributed by atoms with Gasteiger partial charge in [0.25, 0.3) is 0 Å². The number of rotatable bonds is 13. The van der Waals surface area contributed by atoms with E-state index < -0.39 is 40.9 Å². The number of carbonyl (C=O) groups excluding carboxylic acids is 4. The smallest absolute Gasteiger partial charge is 0.468 e. The fraction of sp³-hybridized carbons (Fsp3) is 0.655. The van der Waals surface area contributed by atoms with Crippen LogP contribution < -0.4 is 14.8 Å². The summed E-state index contributed by atoms with van der Waals surface area (Å²) in [7, 11) is 1.26. The molecule has 1 atom stereocenters. The van der Waals surface area contributed by atoms with Gasteiger partial charge in [0.15, 0.2) is 11.5 Å². The molecule has 0 bridgehead atoms. The molecule has 0 saturated carbocycles. The lowest BCUT2D eigenvalue weighted by molar-refractivity contribution is -0.152. The average molecular weight is 568 g/mol. The molecule has 0 aliphatic rings. The predicted octanol–water partition coefficient (Wildman–Crippen LogP) is 5.36. The lowest BCUT2D eigenvalue weighted by atomic mass is 9.97. The van der Waals surface area contributed by atoms with Crippen LogP contribution in [0.5, 0.6) is 11.5 Å². The van der Waals surface area contributed by atoms with E-state index in [4.69, 9.17) is 28.4 Å². The normalized spacial score (nSPS) is 12.7. The van der Waals surface area contributed by atoms with Crippen molar-refractivity contribution in [3.8, 4) is 11.5 Å². The van der Waals surface area contributed by atoms with Gasteiger partial charge in [0.05, 0.1) is 12.5 Å². The van der Waals surface area contributed by atoms with Gasteiger partial charge < -0.3 is 33.7 Å². The van der Waals surface area contributed by atoms with Crippen LogP contribution in [0.25, 0.3) is 0 Å². The Kier molecular flexibility index (Phi) is 12.9. The first-order chi connectivity index (χ1) is 18.4. The number of ether oxygens (including phenoxy) is 6. The molecule has 0 aromatic heterocycles. The summed E-state index contributed by atoms with van der Waals surface area (Å²) in [6.07, 6.45) is -0.731. The largest absolute Gasteiger partial charge is 0.514 e. The molecule has 0 spiro atoms. The highest BCUT2D eigenvalue weighted by atomic mass is 16.8. The lowest BCUT2D eigenvalue weighted by Gasteiger charge is -2.24. The Hall–Kier alpha value is -3.34. The highest BCUT2D eigenvalue weighted by Gasteiger charge is 2.27. The van der Waals surface area contributed by atoms with E-state index in [1.165, 1.54) is 19.2 Å². The summed E-state index contributed by atoms with van der Waals surface area (Å²) in [5.41, 5.74) is -1.63. The molecule has 0 aliphatic carbocycles. The first-order valence-electron chi connectivity index (χ1n) is 13.4. The molecule has 40 heavy (non-hydrogen) atoms. The van der Waals surface area contributed by atoms with Crippen molar-refractivity contribution in [2.45, 2.75) is 98.8 Å². The quantitative estimate of drug-likeness (QED) is 0.143. The predicted molar refractivity (Wildman–Crippen MR) is 147 cm³/mol. The van der Waals surface area contributed by atoms with E-state index in [2.05, 4.69) is 5.32 Å². The minimum atomic E-state index is -0.987. The molecule has 1 aromatic carbocycles. The van der Waals surface area contributed by atoms with Crippen LogP contribution in [0.1, 0.15) is 80.7 Å². The van der Waals surface area contributed by atoms with E-state index in [0.29, 0.717) is 18.4 Å². The Morgan fingerprint density at radius 2 is 1.35 bits per heavy atom. The van der Waals surface area contributed by atoms with E-state index in [-0.39, 0.29) is 37.0 Å². The zero-order chi connectivity index (χ0) is 30.7. The molecule has 11 nitrogen and oxygen atoms in total. The monoisotopic (exact) mass is 567 g/mol. The highest BCUT2D eigenvalue weighted by Crippen LogP contribution is 2.31. The van der Waals surface area contributed by atoms with Crippen LogP contribution in [0.15, 0.2) is 18.2 Å². The molecule has 226 valence electrons. The van der Waals surface area contributed by atoms with Crippen molar-refractivity contribution in [1.29, 1.82) is 0 Å². The number of hydrogen-bond acceptors (Lipinski definition) is 11. The van der Waals surface area contributed by atoms with E-state index in [1.54, 1.807) is 54.5 Å². The van der Waals surface area contributed by atoms with Gasteiger partial charge in [-0.2, -0.15) is 0 Å².